The molecule has 1 aliphatic heterocycles. The number of anilines is 1. The third-order valence-electron chi connectivity index (χ3n) is 5.93. The second-order valence-corrected chi connectivity index (χ2v) is 8.70. The van der Waals surface area contributed by atoms with Gasteiger partial charge in [-0.05, 0) is 54.7 Å². The highest BCUT2D eigenvalue weighted by Gasteiger charge is 2.24. The summed E-state index contributed by atoms with van der Waals surface area (Å²) in [5, 5.41) is 0.743. The lowest BCUT2D eigenvalue weighted by molar-refractivity contribution is -0.0273. The molecule has 1 saturated heterocycles. The van der Waals surface area contributed by atoms with Gasteiger partial charge in [-0.15, -0.1) is 0 Å². The van der Waals surface area contributed by atoms with Crippen LogP contribution < -0.4 is 10.5 Å². The predicted octanol–water partition coefficient (Wildman–Crippen LogP) is 5.96. The molecule has 4 rings (SSSR count). The number of rotatable bonds is 9. The first kappa shape index (κ1) is 22.7. The number of piperidine rings is 1. The standard InChI is InChI=1S/C27H31ClN2O2/c28-23-13-11-22(12-14-23)27(21-7-2-1-3-8-21)32-24-15-18-30(19-16-24)17-6-20-31-26-10-5-4-9-25(26)29/h1-5,7-14,24,27H,6,15-20,29H2. The molecule has 0 spiro atoms. The number of ether oxygens (including phenoxy) is 2. The van der Waals surface area contributed by atoms with Crippen molar-refractivity contribution in [2.24, 2.45) is 0 Å². The third kappa shape index (κ3) is 6.26. The lowest BCUT2D eigenvalue weighted by atomic mass is 10.00. The number of para-hydroxylation sites is 2. The van der Waals surface area contributed by atoms with Gasteiger partial charge in [0.2, 0.25) is 0 Å². The Hall–Kier alpha value is -2.53. The largest absolute Gasteiger partial charge is 0.491 e. The normalized spacial score (nSPS) is 16.0. The van der Waals surface area contributed by atoms with Crippen LogP contribution in [-0.2, 0) is 4.74 Å². The second-order valence-electron chi connectivity index (χ2n) is 8.26. The molecule has 3 aromatic rings. The first-order valence-corrected chi connectivity index (χ1v) is 11.7. The van der Waals surface area contributed by atoms with E-state index in [1.165, 1.54) is 5.56 Å². The summed E-state index contributed by atoms with van der Waals surface area (Å²) in [6.45, 7) is 3.79. The van der Waals surface area contributed by atoms with Gasteiger partial charge >= 0.3 is 0 Å². The minimum Gasteiger partial charge on any atom is -0.491 e. The molecule has 0 amide bonds. The maximum absolute atomic E-state index is 6.64. The van der Waals surface area contributed by atoms with Crippen molar-refractivity contribution in [3.63, 3.8) is 0 Å². The van der Waals surface area contributed by atoms with Crippen LogP contribution >= 0.6 is 11.6 Å². The maximum atomic E-state index is 6.64. The van der Waals surface area contributed by atoms with Crippen molar-refractivity contribution in [2.75, 3.05) is 32.0 Å². The lowest BCUT2D eigenvalue weighted by Gasteiger charge is -2.34. The number of nitrogen functional groups attached to an aromatic ring is 1. The van der Waals surface area contributed by atoms with Gasteiger partial charge in [0, 0.05) is 24.7 Å². The average Bonchev–Trinajstić information content (AvgIpc) is 2.83. The van der Waals surface area contributed by atoms with Crippen LogP contribution in [-0.4, -0.2) is 37.2 Å². The third-order valence-corrected chi connectivity index (χ3v) is 6.19. The van der Waals surface area contributed by atoms with Crippen molar-refractivity contribution in [3.05, 3.63) is 95.0 Å². The van der Waals surface area contributed by atoms with Gasteiger partial charge in [-0.3, -0.25) is 0 Å². The highest BCUT2D eigenvalue weighted by Crippen LogP contribution is 2.31. The van der Waals surface area contributed by atoms with Crippen LogP contribution in [0.5, 0.6) is 5.75 Å². The molecule has 0 aliphatic carbocycles. The first-order valence-electron chi connectivity index (χ1n) is 11.3. The summed E-state index contributed by atoms with van der Waals surface area (Å²) < 4.78 is 12.5. The maximum Gasteiger partial charge on any atom is 0.142 e. The van der Waals surface area contributed by atoms with Crippen LogP contribution in [0.15, 0.2) is 78.9 Å². The molecule has 4 nitrogen and oxygen atoms in total. The van der Waals surface area contributed by atoms with Crippen molar-refractivity contribution in [1.82, 2.24) is 4.90 Å². The molecule has 168 valence electrons. The van der Waals surface area contributed by atoms with Crippen LogP contribution in [0.3, 0.4) is 0 Å². The molecule has 2 N–H and O–H groups in total. The second kappa shape index (κ2) is 11.4. The van der Waals surface area contributed by atoms with Crippen LogP contribution in [0, 0.1) is 0 Å². The van der Waals surface area contributed by atoms with E-state index < -0.39 is 0 Å². The Balaban J connectivity index is 1.26. The molecular weight excluding hydrogens is 420 g/mol. The minimum absolute atomic E-state index is 0.0743. The van der Waals surface area contributed by atoms with Crippen LogP contribution in [0.2, 0.25) is 5.02 Å². The summed E-state index contributed by atoms with van der Waals surface area (Å²) in [6, 6.07) is 26.1. The smallest absolute Gasteiger partial charge is 0.142 e. The van der Waals surface area contributed by atoms with E-state index in [9.17, 15) is 0 Å². The van der Waals surface area contributed by atoms with Gasteiger partial charge in [-0.25, -0.2) is 0 Å². The number of benzene rings is 3. The minimum atomic E-state index is -0.0743. The molecule has 32 heavy (non-hydrogen) atoms. The zero-order chi connectivity index (χ0) is 22.2. The van der Waals surface area contributed by atoms with E-state index in [2.05, 4.69) is 41.3 Å². The molecule has 0 saturated carbocycles. The van der Waals surface area contributed by atoms with Crippen LogP contribution in [0.4, 0.5) is 5.69 Å². The monoisotopic (exact) mass is 450 g/mol. The fourth-order valence-electron chi connectivity index (χ4n) is 4.16. The number of nitrogens with two attached hydrogens (primary N) is 1. The Kier molecular flexibility index (Phi) is 8.05. The van der Waals surface area contributed by atoms with Crippen LogP contribution in [0.1, 0.15) is 36.5 Å². The van der Waals surface area contributed by atoms with Gasteiger partial charge in [-0.2, -0.15) is 0 Å². The van der Waals surface area contributed by atoms with Gasteiger partial charge in [0.25, 0.3) is 0 Å². The molecule has 0 radical (unpaired) electrons. The molecule has 1 fully saturated rings. The molecule has 3 aromatic carbocycles. The fourth-order valence-corrected chi connectivity index (χ4v) is 4.28. The Labute approximate surface area is 195 Å². The summed E-state index contributed by atoms with van der Waals surface area (Å²) in [7, 11) is 0. The molecule has 1 heterocycles. The van der Waals surface area contributed by atoms with Gasteiger partial charge in [0.15, 0.2) is 0 Å². The number of nitrogens with zero attached hydrogens (tertiary/aromatic N) is 1. The first-order chi connectivity index (χ1) is 15.7. The van der Waals surface area contributed by atoms with Crippen molar-refractivity contribution in [3.8, 4) is 5.75 Å². The summed E-state index contributed by atoms with van der Waals surface area (Å²) in [5.74, 6) is 0.772. The van der Waals surface area contributed by atoms with Crippen molar-refractivity contribution in [2.45, 2.75) is 31.5 Å². The van der Waals surface area contributed by atoms with Crippen molar-refractivity contribution >= 4 is 17.3 Å². The zero-order valence-corrected chi connectivity index (χ0v) is 19.1. The van der Waals surface area contributed by atoms with E-state index >= 15 is 0 Å². The van der Waals surface area contributed by atoms with Crippen molar-refractivity contribution in [1.29, 1.82) is 0 Å². The Bertz CT molecular complexity index is 957. The highest BCUT2D eigenvalue weighted by atomic mass is 35.5. The molecule has 1 aliphatic rings. The Morgan fingerprint density at radius 2 is 1.53 bits per heavy atom. The highest BCUT2D eigenvalue weighted by molar-refractivity contribution is 6.30. The molecular formula is C27H31ClN2O2. The van der Waals surface area contributed by atoms with Gasteiger partial charge in [0.1, 0.15) is 11.9 Å². The fraction of sp³-hybridized carbons (Fsp3) is 0.333. The van der Waals surface area contributed by atoms with E-state index in [0.717, 1.165) is 55.2 Å². The van der Waals surface area contributed by atoms with E-state index in [1.807, 2.05) is 42.5 Å². The summed E-state index contributed by atoms with van der Waals surface area (Å²) in [6.07, 6.45) is 3.21. The zero-order valence-electron chi connectivity index (χ0n) is 18.3. The van der Waals surface area contributed by atoms with E-state index in [4.69, 9.17) is 26.8 Å². The van der Waals surface area contributed by atoms with E-state index in [-0.39, 0.29) is 12.2 Å². The van der Waals surface area contributed by atoms with Crippen molar-refractivity contribution < 1.29 is 9.47 Å². The van der Waals surface area contributed by atoms with Gasteiger partial charge in [-0.1, -0.05) is 66.2 Å². The number of hydrogen-bond acceptors (Lipinski definition) is 4. The van der Waals surface area contributed by atoms with Crippen LogP contribution in [0.25, 0.3) is 0 Å². The SMILES string of the molecule is Nc1ccccc1OCCCN1CCC(OC(c2ccccc2)c2ccc(Cl)cc2)CC1. The lowest BCUT2D eigenvalue weighted by Crippen LogP contribution is -2.38. The summed E-state index contributed by atoms with van der Waals surface area (Å²) >= 11 is 6.10. The van der Waals surface area contributed by atoms with Gasteiger partial charge in [0.05, 0.1) is 18.4 Å². The van der Waals surface area contributed by atoms with Gasteiger partial charge < -0.3 is 20.1 Å². The Morgan fingerprint density at radius 3 is 2.25 bits per heavy atom. The van der Waals surface area contributed by atoms with E-state index in [0.29, 0.717) is 12.3 Å². The summed E-state index contributed by atoms with van der Waals surface area (Å²) in [4.78, 5) is 2.50. The predicted molar refractivity (Wildman–Crippen MR) is 131 cm³/mol. The molecule has 1 atom stereocenters. The number of likely N-dealkylation sites (tertiary alicyclic amines) is 1. The molecule has 5 heteroatoms. The summed E-state index contributed by atoms with van der Waals surface area (Å²) in [5.41, 5.74) is 8.94. The number of halogens is 1. The Morgan fingerprint density at radius 1 is 0.875 bits per heavy atom. The molecule has 1 unspecified atom stereocenters. The van der Waals surface area contributed by atoms with E-state index in [1.54, 1.807) is 0 Å². The average molecular weight is 451 g/mol. The number of hydrogen-bond donors (Lipinski definition) is 1. The molecule has 0 aromatic heterocycles. The quantitative estimate of drug-likeness (QED) is 0.322. The topological polar surface area (TPSA) is 47.7 Å². The molecule has 0 bridgehead atoms.